The molecule has 2 saturated carbocycles. The van der Waals surface area contributed by atoms with Crippen LogP contribution in [0.25, 0.3) is 11.3 Å². The molecule has 6 rings (SSSR count). The number of nitrogens with zero attached hydrogens (tertiary/aromatic N) is 5. The average molecular weight is 730 g/mol. The molecule has 3 aliphatic rings. The van der Waals surface area contributed by atoms with Gasteiger partial charge in [0.25, 0.3) is 24.2 Å². The van der Waals surface area contributed by atoms with Crippen molar-refractivity contribution in [3.63, 3.8) is 0 Å². The number of nitrogens with one attached hydrogen (secondary N) is 3. The summed E-state index contributed by atoms with van der Waals surface area (Å²) in [6.45, 7) is 0.693. The summed E-state index contributed by atoms with van der Waals surface area (Å²) in [5, 5.41) is 18.7. The number of nitrogens with two attached hydrogens (primary N) is 1. The lowest BCUT2D eigenvalue weighted by Gasteiger charge is -2.37. The molecule has 3 heterocycles. The number of halogens is 6. The van der Waals surface area contributed by atoms with E-state index in [9.17, 15) is 36.3 Å². The number of carbonyl (C=O) groups is 4. The third-order valence-corrected chi connectivity index (χ3v) is 8.98. The Morgan fingerprint density at radius 3 is 2.30 bits per heavy atom. The first-order valence-corrected chi connectivity index (χ1v) is 15.8. The van der Waals surface area contributed by atoms with Crippen molar-refractivity contribution in [1.29, 1.82) is 0 Å². The van der Waals surface area contributed by atoms with Crippen LogP contribution >= 0.6 is 11.6 Å². The van der Waals surface area contributed by atoms with Crippen LogP contribution in [0.2, 0.25) is 5.02 Å². The lowest BCUT2D eigenvalue weighted by molar-refractivity contribution is -0.141. The maximum absolute atomic E-state index is 13.7. The van der Waals surface area contributed by atoms with Gasteiger partial charge in [-0.2, -0.15) is 18.3 Å². The van der Waals surface area contributed by atoms with Crippen molar-refractivity contribution in [2.45, 2.75) is 68.4 Å². The number of carboxylic acid groups (broad SMARTS) is 1. The third-order valence-electron chi connectivity index (χ3n) is 8.67. The van der Waals surface area contributed by atoms with Crippen LogP contribution in [-0.4, -0.2) is 90.8 Å². The van der Waals surface area contributed by atoms with Crippen LogP contribution in [0.4, 0.5) is 32.4 Å². The molecular formula is C30H33ClF5N9O5. The van der Waals surface area contributed by atoms with E-state index in [1.807, 2.05) is 0 Å². The van der Waals surface area contributed by atoms with Crippen molar-refractivity contribution in [2.24, 2.45) is 12.8 Å². The Kier molecular flexibility index (Phi) is 10.4. The molecule has 0 bridgehead atoms. The Balaban J connectivity index is 0.00000156. The lowest BCUT2D eigenvalue weighted by Crippen LogP contribution is -2.56. The summed E-state index contributed by atoms with van der Waals surface area (Å²) in [4.78, 5) is 52.5. The van der Waals surface area contributed by atoms with Gasteiger partial charge in [-0.05, 0) is 43.9 Å². The monoisotopic (exact) mass is 729 g/mol. The van der Waals surface area contributed by atoms with Crippen molar-refractivity contribution >= 4 is 41.6 Å². The number of hydrogen-bond donors (Lipinski definition) is 5. The molecule has 1 atom stereocenters. The Morgan fingerprint density at radius 1 is 1.10 bits per heavy atom. The van der Waals surface area contributed by atoms with Crippen LogP contribution in [0.1, 0.15) is 64.8 Å². The molecular weight excluding hydrogens is 697 g/mol. The number of benzene rings is 1. The molecule has 0 spiro atoms. The number of imidazole rings is 1. The molecule has 20 heteroatoms. The third kappa shape index (κ3) is 7.99. The fraction of sp³-hybridized carbons (Fsp3) is 0.467. The Bertz CT molecular complexity index is 1770. The van der Waals surface area contributed by atoms with Gasteiger partial charge < -0.3 is 36.3 Å². The predicted octanol–water partition coefficient (Wildman–Crippen LogP) is 3.88. The van der Waals surface area contributed by atoms with Gasteiger partial charge in [0.15, 0.2) is 11.5 Å². The minimum atomic E-state index is -4.94. The van der Waals surface area contributed by atoms with Crippen LogP contribution in [0, 0.1) is 0 Å². The number of carbonyl (C=O) groups excluding carboxylic acids is 3. The number of likely N-dealkylation sites (tertiary alicyclic amines) is 1. The molecule has 3 aromatic rings. The summed E-state index contributed by atoms with van der Waals surface area (Å²) < 4.78 is 70.0. The molecule has 1 aromatic carbocycles. The predicted molar refractivity (Wildman–Crippen MR) is 168 cm³/mol. The van der Waals surface area contributed by atoms with Crippen LogP contribution in [0.15, 0.2) is 30.6 Å². The highest BCUT2D eigenvalue weighted by atomic mass is 35.5. The summed E-state index contributed by atoms with van der Waals surface area (Å²) in [5.41, 5.74) is 4.09. The number of anilines is 1. The van der Waals surface area contributed by atoms with E-state index in [1.165, 1.54) is 25.2 Å². The van der Waals surface area contributed by atoms with Gasteiger partial charge in [-0.15, -0.1) is 0 Å². The molecule has 50 heavy (non-hydrogen) atoms. The van der Waals surface area contributed by atoms with E-state index >= 15 is 0 Å². The first kappa shape index (κ1) is 36.5. The van der Waals surface area contributed by atoms with E-state index in [2.05, 4.69) is 26.0 Å². The van der Waals surface area contributed by atoms with Crippen molar-refractivity contribution in [1.82, 2.24) is 34.9 Å². The quantitative estimate of drug-likeness (QED) is 0.179. The first-order valence-electron chi connectivity index (χ1n) is 15.4. The zero-order valence-corrected chi connectivity index (χ0v) is 27.1. The largest absolute Gasteiger partial charge is 0.483 e. The van der Waals surface area contributed by atoms with Gasteiger partial charge in [0, 0.05) is 56.6 Å². The van der Waals surface area contributed by atoms with E-state index in [0.29, 0.717) is 30.6 Å². The fourth-order valence-corrected chi connectivity index (χ4v) is 6.07. The minimum Gasteiger partial charge on any atom is -0.483 e. The van der Waals surface area contributed by atoms with E-state index in [1.54, 1.807) is 4.90 Å². The number of amides is 4. The van der Waals surface area contributed by atoms with Gasteiger partial charge in [0.1, 0.15) is 6.04 Å². The highest BCUT2D eigenvalue weighted by Gasteiger charge is 2.59. The Hall–Kier alpha value is -4.78. The maximum Gasteiger partial charge on any atom is 0.435 e. The maximum atomic E-state index is 13.7. The van der Waals surface area contributed by atoms with E-state index in [0.717, 1.165) is 29.8 Å². The SMILES string of the molecule is Cn1c(-c2cn([C@@H]3CC3(F)F)nc2C(F)(F)F)cnc1C(=O)Nc1ccc(C(=O)NC2CCN(C(=O)NC3CC(N)C3)CC2)c(Cl)c1.O=CO. The van der Waals surface area contributed by atoms with E-state index in [4.69, 9.17) is 27.2 Å². The zero-order valence-electron chi connectivity index (χ0n) is 26.4. The second-order valence-corrected chi connectivity index (χ2v) is 12.7. The highest BCUT2D eigenvalue weighted by molar-refractivity contribution is 6.34. The standard InChI is InChI=1S/C29H31ClF5N9O3.CH2O2/c1-42-21(19-13-44(22-11-28(22,31)32)41-23(19)29(33,34)35)12-37-24(42)26(46)39-16-2-3-18(20(30)10-16)25(45)38-15-4-6-43(7-5-15)27(47)40-17-8-14(36)9-17;2-1-3/h2-3,10,12-15,17,22H,4-9,11,36H2,1H3,(H,38,45)(H,39,46)(H,40,47);1H,(H,2,3)/t14?,17?,22-;/m1./s1. The van der Waals surface area contributed by atoms with Gasteiger partial charge in [-0.1, -0.05) is 11.6 Å². The summed E-state index contributed by atoms with van der Waals surface area (Å²) >= 11 is 6.37. The molecule has 0 unspecified atom stereocenters. The molecule has 3 fully saturated rings. The molecule has 4 amide bonds. The summed E-state index contributed by atoms with van der Waals surface area (Å²) in [7, 11) is 1.31. The van der Waals surface area contributed by atoms with Crippen LogP contribution in [0.5, 0.6) is 0 Å². The molecule has 1 aliphatic heterocycles. The Morgan fingerprint density at radius 2 is 1.74 bits per heavy atom. The van der Waals surface area contributed by atoms with Crippen molar-refractivity contribution in [2.75, 3.05) is 18.4 Å². The number of rotatable bonds is 7. The van der Waals surface area contributed by atoms with Crippen LogP contribution in [-0.2, 0) is 18.0 Å². The topological polar surface area (TPSA) is 190 Å². The van der Waals surface area contributed by atoms with Gasteiger partial charge in [0.05, 0.1) is 28.0 Å². The van der Waals surface area contributed by atoms with E-state index < -0.39 is 47.6 Å². The van der Waals surface area contributed by atoms with Gasteiger partial charge >= 0.3 is 12.2 Å². The molecule has 270 valence electrons. The highest BCUT2D eigenvalue weighted by Crippen LogP contribution is 2.53. The number of hydrogen-bond acceptors (Lipinski definition) is 7. The molecule has 6 N–H and O–H groups in total. The minimum absolute atomic E-state index is 0.0375. The molecule has 1 saturated heterocycles. The molecule has 0 radical (unpaired) electrons. The number of alkyl halides is 5. The Labute approximate surface area is 286 Å². The lowest BCUT2D eigenvalue weighted by atomic mass is 9.88. The summed E-state index contributed by atoms with van der Waals surface area (Å²) in [6.07, 6.45) is -1.03. The van der Waals surface area contributed by atoms with E-state index in [-0.39, 0.29) is 58.4 Å². The van der Waals surface area contributed by atoms with Crippen LogP contribution in [0.3, 0.4) is 0 Å². The number of urea groups is 1. The normalized spacial score (nSPS) is 21.3. The second kappa shape index (κ2) is 14.2. The van der Waals surface area contributed by atoms with Crippen LogP contribution < -0.4 is 21.7 Å². The number of aromatic nitrogens is 4. The first-order chi connectivity index (χ1) is 23.5. The van der Waals surface area contributed by atoms with Crippen molar-refractivity contribution < 1.29 is 46.2 Å². The van der Waals surface area contributed by atoms with Gasteiger partial charge in [-0.25, -0.2) is 18.6 Å². The summed E-state index contributed by atoms with van der Waals surface area (Å²) in [5.74, 6) is -4.65. The van der Waals surface area contributed by atoms with Gasteiger partial charge in [-0.3, -0.25) is 19.1 Å². The molecule has 14 nitrogen and oxygen atoms in total. The fourth-order valence-electron chi connectivity index (χ4n) is 5.80. The van der Waals surface area contributed by atoms with Crippen molar-refractivity contribution in [3.8, 4) is 11.3 Å². The summed E-state index contributed by atoms with van der Waals surface area (Å²) in [6, 6.07) is 2.62. The van der Waals surface area contributed by atoms with Gasteiger partial charge in [0.2, 0.25) is 0 Å². The molecule has 2 aliphatic carbocycles. The zero-order chi connectivity index (χ0) is 36.5. The average Bonchev–Trinajstić information content (AvgIpc) is 3.31. The molecule has 2 aromatic heterocycles. The smallest absolute Gasteiger partial charge is 0.435 e. The van der Waals surface area contributed by atoms with Crippen molar-refractivity contribution in [3.05, 3.63) is 52.7 Å². The second-order valence-electron chi connectivity index (χ2n) is 12.2. The number of piperidine rings is 1.